The molecule has 1 aliphatic rings. The average Bonchev–Trinajstić information content (AvgIpc) is 3.27. The zero-order valence-electron chi connectivity index (χ0n) is 16.9. The monoisotopic (exact) mass is 400 g/mol. The molecule has 0 saturated carbocycles. The van der Waals surface area contributed by atoms with Crippen LogP contribution in [-0.4, -0.2) is 46.2 Å². The van der Waals surface area contributed by atoms with Gasteiger partial charge in [-0.05, 0) is 29.8 Å². The summed E-state index contributed by atoms with van der Waals surface area (Å²) in [5.41, 5.74) is 2.33. The van der Waals surface area contributed by atoms with E-state index in [1.807, 2.05) is 24.3 Å². The van der Waals surface area contributed by atoms with Crippen LogP contribution in [0.3, 0.4) is 0 Å². The Morgan fingerprint density at radius 2 is 1.69 bits per heavy atom. The summed E-state index contributed by atoms with van der Waals surface area (Å²) in [4.78, 5) is 17.8. The summed E-state index contributed by atoms with van der Waals surface area (Å²) in [5, 5.41) is 6.95. The topological polar surface area (TPSA) is 87.6 Å². The van der Waals surface area contributed by atoms with Crippen LogP contribution in [0.1, 0.15) is 17.5 Å². The molecule has 1 amide bonds. The van der Waals surface area contributed by atoms with Crippen LogP contribution < -0.4 is 24.3 Å². The van der Waals surface area contributed by atoms with E-state index < -0.39 is 6.10 Å². The van der Waals surface area contributed by atoms with Gasteiger partial charge in [0.1, 0.15) is 5.75 Å². The molecule has 3 rings (SSSR count). The molecular formula is C21H24N2O6. The number of methoxy groups -OCH3 is 4. The Bertz CT molecular complexity index is 870. The maximum absolute atomic E-state index is 12.5. The Labute approximate surface area is 169 Å². The molecule has 0 aliphatic carbocycles. The quantitative estimate of drug-likeness (QED) is 0.733. The summed E-state index contributed by atoms with van der Waals surface area (Å²) in [6.45, 7) is 0.391. The zero-order valence-corrected chi connectivity index (χ0v) is 16.9. The molecular weight excluding hydrogens is 376 g/mol. The van der Waals surface area contributed by atoms with Crippen molar-refractivity contribution < 1.29 is 28.6 Å². The third kappa shape index (κ3) is 4.53. The standard InChI is InChI=1S/C21H24N2O6/c1-25-15-7-5-13(6-8-15)12-22-21(24)19-11-16(23-29-19)14-9-17(26-2)20(28-4)18(10-14)27-3/h5-10,19H,11-12H2,1-4H3,(H,22,24). The molecule has 0 saturated heterocycles. The number of rotatable bonds is 8. The number of carbonyl (C=O) groups excluding carboxylic acids is 1. The number of nitrogens with zero attached hydrogens (tertiary/aromatic N) is 1. The normalized spacial score (nSPS) is 15.2. The maximum Gasteiger partial charge on any atom is 0.264 e. The van der Waals surface area contributed by atoms with E-state index in [9.17, 15) is 4.79 Å². The molecule has 0 spiro atoms. The van der Waals surface area contributed by atoms with E-state index >= 15 is 0 Å². The smallest absolute Gasteiger partial charge is 0.264 e. The summed E-state index contributed by atoms with van der Waals surface area (Å²) in [6, 6.07) is 11.0. The molecule has 2 aromatic carbocycles. The number of carbonyl (C=O) groups is 1. The van der Waals surface area contributed by atoms with Crippen molar-refractivity contribution in [3.8, 4) is 23.0 Å². The second-order valence-electron chi connectivity index (χ2n) is 6.32. The number of ether oxygens (including phenoxy) is 4. The molecule has 0 bridgehead atoms. The molecule has 1 heterocycles. The van der Waals surface area contributed by atoms with Crippen LogP contribution in [0.2, 0.25) is 0 Å². The van der Waals surface area contributed by atoms with Gasteiger partial charge in [-0.1, -0.05) is 17.3 Å². The van der Waals surface area contributed by atoms with E-state index in [1.54, 1.807) is 40.6 Å². The molecule has 154 valence electrons. The Morgan fingerprint density at radius 1 is 1.03 bits per heavy atom. The molecule has 1 unspecified atom stereocenters. The van der Waals surface area contributed by atoms with Crippen molar-refractivity contribution in [1.82, 2.24) is 5.32 Å². The number of hydrogen-bond acceptors (Lipinski definition) is 7. The number of hydrogen-bond donors (Lipinski definition) is 1. The van der Waals surface area contributed by atoms with Gasteiger partial charge in [-0.15, -0.1) is 0 Å². The minimum atomic E-state index is -0.692. The van der Waals surface area contributed by atoms with Gasteiger partial charge in [0.05, 0.1) is 34.2 Å². The van der Waals surface area contributed by atoms with Crippen LogP contribution in [0.25, 0.3) is 0 Å². The first-order chi connectivity index (χ1) is 14.1. The van der Waals surface area contributed by atoms with Crippen molar-refractivity contribution >= 4 is 11.6 Å². The molecule has 8 heteroatoms. The van der Waals surface area contributed by atoms with Gasteiger partial charge < -0.3 is 29.1 Å². The van der Waals surface area contributed by atoms with Crippen molar-refractivity contribution in [1.29, 1.82) is 0 Å². The van der Waals surface area contributed by atoms with E-state index in [4.69, 9.17) is 23.8 Å². The molecule has 29 heavy (non-hydrogen) atoms. The number of nitrogens with one attached hydrogen (secondary N) is 1. The van der Waals surface area contributed by atoms with Crippen molar-refractivity contribution in [2.24, 2.45) is 5.16 Å². The lowest BCUT2D eigenvalue weighted by atomic mass is 10.0. The summed E-state index contributed by atoms with van der Waals surface area (Å²) in [5.74, 6) is 2.05. The van der Waals surface area contributed by atoms with E-state index in [0.717, 1.165) is 16.9 Å². The summed E-state index contributed by atoms with van der Waals surface area (Å²) >= 11 is 0. The van der Waals surface area contributed by atoms with E-state index in [1.165, 1.54) is 0 Å². The van der Waals surface area contributed by atoms with Crippen LogP contribution in [-0.2, 0) is 16.2 Å². The first-order valence-corrected chi connectivity index (χ1v) is 9.03. The second-order valence-corrected chi connectivity index (χ2v) is 6.32. The molecule has 1 N–H and O–H groups in total. The number of oxime groups is 1. The van der Waals surface area contributed by atoms with Crippen LogP contribution in [0.15, 0.2) is 41.6 Å². The van der Waals surface area contributed by atoms with Crippen LogP contribution in [0, 0.1) is 0 Å². The first kappa shape index (κ1) is 20.3. The molecule has 0 fully saturated rings. The van der Waals surface area contributed by atoms with Gasteiger partial charge in [0, 0.05) is 18.5 Å². The maximum atomic E-state index is 12.5. The Kier molecular flexibility index (Phi) is 6.43. The molecule has 1 aliphatic heterocycles. The molecule has 1 atom stereocenters. The molecule has 0 aromatic heterocycles. The van der Waals surface area contributed by atoms with Crippen LogP contribution in [0.5, 0.6) is 23.0 Å². The third-order valence-corrected chi connectivity index (χ3v) is 4.59. The highest BCUT2D eigenvalue weighted by Crippen LogP contribution is 2.39. The lowest BCUT2D eigenvalue weighted by molar-refractivity contribution is -0.131. The fraction of sp³-hybridized carbons (Fsp3) is 0.333. The fourth-order valence-corrected chi connectivity index (χ4v) is 2.98. The zero-order chi connectivity index (χ0) is 20.8. The van der Waals surface area contributed by atoms with Gasteiger partial charge in [0.2, 0.25) is 11.9 Å². The molecule has 2 aromatic rings. The molecule has 0 radical (unpaired) electrons. The summed E-state index contributed by atoms with van der Waals surface area (Å²) in [7, 11) is 6.24. The largest absolute Gasteiger partial charge is 0.497 e. The Hall–Kier alpha value is -3.42. The Balaban J connectivity index is 1.63. The summed E-state index contributed by atoms with van der Waals surface area (Å²) < 4.78 is 21.2. The molecule has 8 nitrogen and oxygen atoms in total. The lowest BCUT2D eigenvalue weighted by Crippen LogP contribution is -2.34. The lowest BCUT2D eigenvalue weighted by Gasteiger charge is -2.14. The van der Waals surface area contributed by atoms with Crippen molar-refractivity contribution in [3.63, 3.8) is 0 Å². The van der Waals surface area contributed by atoms with Crippen molar-refractivity contribution in [2.75, 3.05) is 28.4 Å². The van der Waals surface area contributed by atoms with Gasteiger partial charge in [0.15, 0.2) is 11.5 Å². The highest BCUT2D eigenvalue weighted by Gasteiger charge is 2.30. The second kappa shape index (κ2) is 9.18. The number of benzene rings is 2. The highest BCUT2D eigenvalue weighted by molar-refractivity contribution is 6.04. The van der Waals surface area contributed by atoms with Gasteiger partial charge >= 0.3 is 0 Å². The average molecular weight is 400 g/mol. The van der Waals surface area contributed by atoms with E-state index in [0.29, 0.717) is 35.9 Å². The SMILES string of the molecule is COc1ccc(CNC(=O)C2CC(c3cc(OC)c(OC)c(OC)c3)=NO2)cc1. The minimum Gasteiger partial charge on any atom is -0.497 e. The first-order valence-electron chi connectivity index (χ1n) is 9.03. The summed E-state index contributed by atoms with van der Waals surface area (Å²) in [6.07, 6.45) is -0.352. The Morgan fingerprint density at radius 3 is 2.24 bits per heavy atom. The van der Waals surface area contributed by atoms with Crippen molar-refractivity contribution in [3.05, 3.63) is 47.5 Å². The van der Waals surface area contributed by atoms with Crippen molar-refractivity contribution in [2.45, 2.75) is 19.1 Å². The number of amides is 1. The third-order valence-electron chi connectivity index (χ3n) is 4.59. The van der Waals surface area contributed by atoms with Gasteiger partial charge in [-0.25, -0.2) is 0 Å². The van der Waals surface area contributed by atoms with Crippen LogP contribution >= 0.6 is 0 Å². The predicted octanol–water partition coefficient (Wildman–Crippen LogP) is 2.53. The van der Waals surface area contributed by atoms with Gasteiger partial charge in [0.25, 0.3) is 5.91 Å². The minimum absolute atomic E-state index is 0.230. The fourth-order valence-electron chi connectivity index (χ4n) is 2.98. The van der Waals surface area contributed by atoms with E-state index in [-0.39, 0.29) is 5.91 Å². The van der Waals surface area contributed by atoms with E-state index in [2.05, 4.69) is 10.5 Å². The predicted molar refractivity (Wildman–Crippen MR) is 107 cm³/mol. The van der Waals surface area contributed by atoms with Gasteiger partial charge in [-0.3, -0.25) is 4.79 Å². The van der Waals surface area contributed by atoms with Crippen LogP contribution in [0.4, 0.5) is 0 Å². The van der Waals surface area contributed by atoms with Gasteiger partial charge in [-0.2, -0.15) is 0 Å². The highest BCUT2D eigenvalue weighted by atomic mass is 16.6.